The van der Waals surface area contributed by atoms with Gasteiger partial charge in [0, 0.05) is 0 Å². The van der Waals surface area contributed by atoms with Gasteiger partial charge in [0.2, 0.25) is 6.41 Å². The van der Waals surface area contributed by atoms with Crippen LogP contribution in [-0.4, -0.2) is 26.1 Å². The Hall–Kier alpha value is -1.12. The summed E-state index contributed by atoms with van der Waals surface area (Å²) in [7, 11) is 1.37. The molecule has 0 rings (SSSR count). The van der Waals surface area contributed by atoms with E-state index in [1.807, 2.05) is 19.3 Å². The molecule has 0 radical (unpaired) electrons. The minimum atomic E-state index is 0.00463. The van der Waals surface area contributed by atoms with Gasteiger partial charge in [0.15, 0.2) is 0 Å². The Morgan fingerprint density at radius 1 is 1.75 bits per heavy atom. The second-order valence-corrected chi connectivity index (χ2v) is 1.85. The Morgan fingerprint density at radius 3 is 2.42 bits per heavy atom. The van der Waals surface area contributed by atoms with E-state index in [1.165, 1.54) is 7.11 Å². The highest BCUT2D eigenvalue weighted by molar-refractivity contribution is 5.43. The number of nitriles is 1. The summed E-state index contributed by atoms with van der Waals surface area (Å²) < 4.78 is 0. The van der Waals surface area contributed by atoms with Crippen molar-refractivity contribution in [1.82, 2.24) is 10.8 Å². The average Bonchev–Trinajstić information content (AvgIpc) is 2.07. The Labute approximate surface area is 72.7 Å². The SMILES string of the molecule is CCNC(C)C#N.CONC=O. The van der Waals surface area contributed by atoms with Crippen LogP contribution in [0.4, 0.5) is 0 Å². The van der Waals surface area contributed by atoms with Gasteiger partial charge < -0.3 is 5.32 Å². The van der Waals surface area contributed by atoms with Gasteiger partial charge in [-0.25, -0.2) is 5.48 Å². The molecule has 1 atom stereocenters. The number of carbonyl (C=O) groups excluding carboxylic acids is 1. The molecule has 0 spiro atoms. The van der Waals surface area contributed by atoms with E-state index in [-0.39, 0.29) is 6.04 Å². The van der Waals surface area contributed by atoms with E-state index >= 15 is 0 Å². The fraction of sp³-hybridized carbons (Fsp3) is 0.714. The molecule has 5 nitrogen and oxygen atoms in total. The maximum Gasteiger partial charge on any atom is 0.230 e. The molecule has 0 bridgehead atoms. The van der Waals surface area contributed by atoms with Gasteiger partial charge in [0.25, 0.3) is 0 Å². The van der Waals surface area contributed by atoms with Crippen LogP contribution in [0.5, 0.6) is 0 Å². The highest BCUT2D eigenvalue weighted by Crippen LogP contribution is 1.71. The summed E-state index contributed by atoms with van der Waals surface area (Å²) in [4.78, 5) is 13.2. The fourth-order valence-corrected chi connectivity index (χ4v) is 0.400. The Morgan fingerprint density at radius 2 is 2.33 bits per heavy atom. The molecule has 2 N–H and O–H groups in total. The molecule has 12 heavy (non-hydrogen) atoms. The monoisotopic (exact) mass is 173 g/mol. The molecule has 0 aromatic heterocycles. The lowest BCUT2D eigenvalue weighted by Gasteiger charge is -1.97. The van der Waals surface area contributed by atoms with E-state index in [0.29, 0.717) is 6.41 Å². The van der Waals surface area contributed by atoms with Gasteiger partial charge in [-0.3, -0.25) is 9.63 Å². The third-order valence-corrected chi connectivity index (χ3v) is 0.870. The molecule has 1 amide bonds. The van der Waals surface area contributed by atoms with Gasteiger partial charge in [-0.2, -0.15) is 5.26 Å². The summed E-state index contributed by atoms with van der Waals surface area (Å²) in [6.45, 7) is 4.69. The van der Waals surface area contributed by atoms with Crippen molar-refractivity contribution < 1.29 is 9.63 Å². The Balaban J connectivity index is 0. The van der Waals surface area contributed by atoms with E-state index in [0.717, 1.165) is 6.54 Å². The third-order valence-electron chi connectivity index (χ3n) is 0.870. The van der Waals surface area contributed by atoms with Gasteiger partial charge in [0.1, 0.15) is 0 Å². The van der Waals surface area contributed by atoms with E-state index in [4.69, 9.17) is 10.1 Å². The predicted octanol–water partition coefficient (Wildman–Crippen LogP) is -0.198. The van der Waals surface area contributed by atoms with Crippen LogP contribution in [0.2, 0.25) is 0 Å². The lowest BCUT2D eigenvalue weighted by Crippen LogP contribution is -2.23. The normalized spacial score (nSPS) is 10.2. The summed E-state index contributed by atoms with van der Waals surface area (Å²) in [6.07, 6.45) is 0.458. The van der Waals surface area contributed by atoms with Gasteiger partial charge >= 0.3 is 0 Å². The number of amides is 1. The Kier molecular flexibility index (Phi) is 14.1. The van der Waals surface area contributed by atoms with E-state index in [1.54, 1.807) is 0 Å². The molecular weight excluding hydrogens is 158 g/mol. The van der Waals surface area contributed by atoms with Gasteiger partial charge in [-0.05, 0) is 13.5 Å². The summed E-state index contributed by atoms with van der Waals surface area (Å²) in [5.74, 6) is 0. The molecule has 0 aromatic rings. The molecule has 0 saturated heterocycles. The number of hydrogen-bond acceptors (Lipinski definition) is 4. The lowest BCUT2D eigenvalue weighted by molar-refractivity contribution is -0.118. The third kappa shape index (κ3) is 15.9. The molecule has 0 aliphatic heterocycles. The second kappa shape index (κ2) is 12.5. The molecular formula is C7H15N3O2. The summed E-state index contributed by atoms with van der Waals surface area (Å²) in [6, 6.07) is 2.06. The summed E-state index contributed by atoms with van der Waals surface area (Å²) >= 11 is 0. The fourth-order valence-electron chi connectivity index (χ4n) is 0.400. The van der Waals surface area contributed by atoms with Crippen molar-refractivity contribution in [3.63, 3.8) is 0 Å². The zero-order valence-electron chi connectivity index (χ0n) is 7.63. The Bertz CT molecular complexity index is 133. The molecule has 5 heteroatoms. The predicted molar refractivity (Wildman–Crippen MR) is 45.0 cm³/mol. The highest BCUT2D eigenvalue weighted by atomic mass is 16.6. The van der Waals surface area contributed by atoms with Crippen LogP contribution in [0.25, 0.3) is 0 Å². The number of hydroxylamine groups is 1. The number of carbonyl (C=O) groups is 1. The van der Waals surface area contributed by atoms with Crippen LogP contribution in [0, 0.1) is 11.3 Å². The molecule has 70 valence electrons. The van der Waals surface area contributed by atoms with Gasteiger partial charge in [-0.1, -0.05) is 6.92 Å². The van der Waals surface area contributed by atoms with Crippen LogP contribution < -0.4 is 10.8 Å². The molecule has 0 fully saturated rings. The van der Waals surface area contributed by atoms with Gasteiger partial charge in [-0.15, -0.1) is 0 Å². The first-order chi connectivity index (χ1) is 5.72. The van der Waals surface area contributed by atoms with Crippen molar-refractivity contribution >= 4 is 6.41 Å². The topological polar surface area (TPSA) is 74.2 Å². The maximum absolute atomic E-state index is 9.17. The first-order valence-electron chi connectivity index (χ1n) is 3.58. The zero-order valence-corrected chi connectivity index (χ0v) is 7.63. The molecule has 0 aliphatic carbocycles. The van der Waals surface area contributed by atoms with Gasteiger partial charge in [0.05, 0.1) is 19.2 Å². The van der Waals surface area contributed by atoms with Crippen molar-refractivity contribution in [2.45, 2.75) is 19.9 Å². The van der Waals surface area contributed by atoms with Crippen molar-refractivity contribution in [2.24, 2.45) is 0 Å². The quantitative estimate of drug-likeness (QED) is 0.456. The highest BCUT2D eigenvalue weighted by Gasteiger charge is 1.90. The number of nitrogens with zero attached hydrogens (tertiary/aromatic N) is 1. The second-order valence-electron chi connectivity index (χ2n) is 1.85. The van der Waals surface area contributed by atoms with E-state index in [9.17, 15) is 0 Å². The first kappa shape index (κ1) is 13.5. The first-order valence-corrected chi connectivity index (χ1v) is 3.58. The maximum atomic E-state index is 9.17. The van der Waals surface area contributed by atoms with Crippen LogP contribution in [0.3, 0.4) is 0 Å². The average molecular weight is 173 g/mol. The lowest BCUT2D eigenvalue weighted by atomic mass is 10.4. The van der Waals surface area contributed by atoms with Crippen LogP contribution in [0.1, 0.15) is 13.8 Å². The summed E-state index contributed by atoms with van der Waals surface area (Å²) in [5, 5.41) is 11.1. The molecule has 0 aliphatic rings. The van der Waals surface area contributed by atoms with E-state index in [2.05, 4.69) is 16.2 Å². The minimum Gasteiger partial charge on any atom is -0.302 e. The van der Waals surface area contributed by atoms with Crippen LogP contribution in [-0.2, 0) is 9.63 Å². The molecule has 0 heterocycles. The van der Waals surface area contributed by atoms with Crippen molar-refractivity contribution in [1.29, 1.82) is 5.26 Å². The van der Waals surface area contributed by atoms with Crippen molar-refractivity contribution in [2.75, 3.05) is 13.7 Å². The minimum absolute atomic E-state index is 0.00463. The van der Waals surface area contributed by atoms with Crippen LogP contribution in [0.15, 0.2) is 0 Å². The van der Waals surface area contributed by atoms with Crippen molar-refractivity contribution in [3.05, 3.63) is 0 Å². The number of hydrogen-bond donors (Lipinski definition) is 2. The van der Waals surface area contributed by atoms with E-state index < -0.39 is 0 Å². The summed E-state index contributed by atoms with van der Waals surface area (Å²) in [5.41, 5.74) is 1.93. The van der Waals surface area contributed by atoms with Crippen LogP contribution >= 0.6 is 0 Å². The molecule has 0 aromatic carbocycles. The smallest absolute Gasteiger partial charge is 0.230 e. The molecule has 0 saturated carbocycles. The molecule has 1 unspecified atom stereocenters. The van der Waals surface area contributed by atoms with Crippen molar-refractivity contribution in [3.8, 4) is 6.07 Å². The number of nitrogens with one attached hydrogen (secondary N) is 2. The zero-order chi connectivity index (χ0) is 9.82. The largest absolute Gasteiger partial charge is 0.302 e. The standard InChI is InChI=1S/C5H10N2.C2H5NO2/c1-3-7-5(2)4-6;1-5-3-2-4/h5,7H,3H2,1-2H3;2H,1H3,(H,3,4). The number of rotatable bonds is 4.